The topological polar surface area (TPSA) is 86.2 Å². The van der Waals surface area contributed by atoms with Crippen molar-refractivity contribution in [3.8, 4) is 22.8 Å². The number of nitrogens with one attached hydrogen (secondary N) is 1. The normalized spacial score (nSPS) is 15.4. The van der Waals surface area contributed by atoms with Crippen molar-refractivity contribution in [1.82, 2.24) is 20.3 Å². The summed E-state index contributed by atoms with van der Waals surface area (Å²) in [5.74, 6) is 0.409. The number of hydrogen-bond acceptors (Lipinski definition) is 6. The lowest BCUT2D eigenvalue weighted by Crippen LogP contribution is -2.42. The smallest absolute Gasteiger partial charge is 0.392 e. The first kappa shape index (κ1) is 21.5. The summed E-state index contributed by atoms with van der Waals surface area (Å²) in [5.41, 5.74) is 3.00. The van der Waals surface area contributed by atoms with E-state index in [1.807, 2.05) is 18.2 Å². The molecular weight excluding hydrogens is 425 g/mol. The number of aromatic nitrogens is 3. The molecule has 7 nitrogen and oxygen atoms in total. The van der Waals surface area contributed by atoms with Crippen molar-refractivity contribution in [2.75, 3.05) is 13.2 Å². The lowest BCUT2D eigenvalue weighted by atomic mass is 9.94. The van der Waals surface area contributed by atoms with Gasteiger partial charge in [0.05, 0.1) is 24.6 Å². The van der Waals surface area contributed by atoms with Crippen molar-refractivity contribution in [1.29, 1.82) is 0 Å². The highest BCUT2D eigenvalue weighted by molar-refractivity contribution is 5.94. The third-order valence-corrected chi connectivity index (χ3v) is 4.86. The number of amides is 1. The molecule has 0 bridgehead atoms. The minimum Gasteiger partial charge on any atom is -0.491 e. The summed E-state index contributed by atoms with van der Waals surface area (Å²) in [7, 11) is 0. The monoisotopic (exact) mass is 444 g/mol. The van der Waals surface area contributed by atoms with Crippen LogP contribution in [0.4, 0.5) is 13.2 Å². The van der Waals surface area contributed by atoms with Gasteiger partial charge in [-0.15, -0.1) is 0 Å². The van der Waals surface area contributed by atoms with Crippen molar-refractivity contribution < 1.29 is 27.4 Å². The van der Waals surface area contributed by atoms with Crippen LogP contribution in [-0.4, -0.2) is 46.3 Å². The fourth-order valence-electron chi connectivity index (χ4n) is 3.35. The lowest BCUT2D eigenvalue weighted by molar-refractivity contribution is -0.139. The quantitative estimate of drug-likeness (QED) is 0.625. The summed E-state index contributed by atoms with van der Waals surface area (Å²) in [6.45, 7) is -0.227. The molecule has 0 saturated heterocycles. The van der Waals surface area contributed by atoms with Gasteiger partial charge in [0.15, 0.2) is 0 Å². The summed E-state index contributed by atoms with van der Waals surface area (Å²) in [4.78, 5) is 24.6. The molecule has 0 saturated carbocycles. The van der Waals surface area contributed by atoms with Crippen molar-refractivity contribution in [3.05, 3.63) is 66.4 Å². The lowest BCUT2D eigenvalue weighted by Gasteiger charge is -2.27. The van der Waals surface area contributed by atoms with Crippen LogP contribution >= 0.6 is 0 Å². The van der Waals surface area contributed by atoms with Gasteiger partial charge >= 0.3 is 6.18 Å². The van der Waals surface area contributed by atoms with Gasteiger partial charge in [-0.3, -0.25) is 4.79 Å². The average molecular weight is 444 g/mol. The van der Waals surface area contributed by atoms with Gasteiger partial charge in [0.2, 0.25) is 5.88 Å². The zero-order valence-corrected chi connectivity index (χ0v) is 16.8. The molecule has 1 aliphatic heterocycles. The molecule has 3 aromatic rings. The highest BCUT2D eigenvalue weighted by Gasteiger charge is 2.27. The van der Waals surface area contributed by atoms with Crippen LogP contribution in [0.25, 0.3) is 11.1 Å². The minimum atomic E-state index is -4.30. The number of carbonyl (C=O) groups excluding carboxylic acids is 1. The maximum absolute atomic E-state index is 12.6. The van der Waals surface area contributed by atoms with Crippen LogP contribution in [0.5, 0.6) is 11.6 Å². The van der Waals surface area contributed by atoms with Crippen LogP contribution in [-0.2, 0) is 6.42 Å². The molecule has 0 unspecified atom stereocenters. The predicted molar refractivity (Wildman–Crippen MR) is 108 cm³/mol. The molecule has 3 heterocycles. The van der Waals surface area contributed by atoms with Gasteiger partial charge in [0.25, 0.3) is 5.91 Å². The number of carbonyl (C=O) groups is 1. The van der Waals surface area contributed by atoms with Crippen molar-refractivity contribution in [3.63, 3.8) is 0 Å². The Labute approximate surface area is 181 Å². The minimum absolute atomic E-state index is 0.0236. The molecule has 0 radical (unpaired) electrons. The number of ether oxygens (including phenoxy) is 2. The predicted octanol–water partition coefficient (Wildman–Crippen LogP) is 3.60. The van der Waals surface area contributed by atoms with E-state index in [1.165, 1.54) is 24.7 Å². The summed E-state index contributed by atoms with van der Waals surface area (Å²) < 4.78 is 47.4. The Morgan fingerprint density at radius 1 is 1.16 bits per heavy atom. The molecule has 1 aliphatic rings. The molecular formula is C22H19F3N4O3. The van der Waals surface area contributed by atoms with E-state index in [-0.39, 0.29) is 23.4 Å². The van der Waals surface area contributed by atoms with Gasteiger partial charge in [-0.1, -0.05) is 12.1 Å². The van der Waals surface area contributed by atoms with E-state index in [2.05, 4.69) is 20.3 Å². The van der Waals surface area contributed by atoms with Gasteiger partial charge in [0, 0.05) is 42.2 Å². The van der Waals surface area contributed by atoms with Gasteiger partial charge in [0.1, 0.15) is 18.7 Å². The van der Waals surface area contributed by atoms with E-state index in [0.29, 0.717) is 13.0 Å². The molecule has 1 amide bonds. The summed E-state index contributed by atoms with van der Waals surface area (Å²) >= 11 is 0. The summed E-state index contributed by atoms with van der Waals surface area (Å²) in [5, 5.41) is 2.91. The first-order chi connectivity index (χ1) is 15.4. The molecule has 2 aromatic heterocycles. The highest BCUT2D eigenvalue weighted by atomic mass is 19.4. The Morgan fingerprint density at radius 3 is 2.69 bits per heavy atom. The van der Waals surface area contributed by atoms with Crippen LogP contribution < -0.4 is 14.8 Å². The number of fused-ring (bicyclic) bond motifs is 1. The van der Waals surface area contributed by atoms with Crippen molar-refractivity contribution in [2.24, 2.45) is 0 Å². The first-order valence-corrected chi connectivity index (χ1v) is 9.85. The highest BCUT2D eigenvalue weighted by Crippen LogP contribution is 2.33. The second-order valence-electron chi connectivity index (χ2n) is 7.19. The number of pyridine rings is 1. The number of halogens is 3. The maximum Gasteiger partial charge on any atom is 0.392 e. The first-order valence-electron chi connectivity index (χ1n) is 9.85. The second-order valence-corrected chi connectivity index (χ2v) is 7.19. The number of alkyl halides is 3. The van der Waals surface area contributed by atoms with Crippen LogP contribution in [0.2, 0.25) is 0 Å². The molecule has 10 heteroatoms. The molecule has 0 aliphatic carbocycles. The number of nitrogens with zero attached hydrogens (tertiary/aromatic N) is 3. The second kappa shape index (κ2) is 9.21. The summed E-state index contributed by atoms with van der Waals surface area (Å²) in [6, 6.07) is 8.27. The zero-order valence-electron chi connectivity index (χ0n) is 16.8. The Kier molecular flexibility index (Phi) is 6.20. The van der Waals surface area contributed by atoms with Gasteiger partial charge < -0.3 is 14.8 Å². The zero-order chi connectivity index (χ0) is 22.6. The number of benzene rings is 1. The number of hydrogen-bond donors (Lipinski definition) is 1. The van der Waals surface area contributed by atoms with E-state index in [4.69, 9.17) is 9.47 Å². The van der Waals surface area contributed by atoms with Gasteiger partial charge in [-0.2, -0.15) is 13.2 Å². The van der Waals surface area contributed by atoms with E-state index in [1.54, 1.807) is 12.4 Å². The molecule has 0 spiro atoms. The molecule has 1 N–H and O–H groups in total. The van der Waals surface area contributed by atoms with Crippen LogP contribution in [0, 0.1) is 0 Å². The van der Waals surface area contributed by atoms with Crippen LogP contribution in [0.15, 0.2) is 55.2 Å². The Balaban J connectivity index is 1.39. The Morgan fingerprint density at radius 2 is 1.97 bits per heavy atom. The van der Waals surface area contributed by atoms with Gasteiger partial charge in [-0.05, 0) is 17.7 Å². The SMILES string of the molecule is O=C(N[C@@H]1COc2cccc(-c3cncnc3)c2C1)c1ccc(OCCC(F)(F)F)nc1. The Hall–Kier alpha value is -3.69. The van der Waals surface area contributed by atoms with E-state index < -0.39 is 19.2 Å². The molecule has 1 atom stereocenters. The number of rotatable bonds is 6. The standard InChI is InChI=1S/C22H19F3N4O3/c23-22(24,25)6-7-31-20-5-4-14(11-28-20)21(30)29-16-8-18-17(15-9-26-13-27-10-15)2-1-3-19(18)32-12-16/h1-5,9-11,13,16H,6-8,12H2,(H,29,30)/t16-/m0/s1. The average Bonchev–Trinajstić information content (AvgIpc) is 2.79. The fourth-order valence-corrected chi connectivity index (χ4v) is 3.35. The molecule has 4 rings (SSSR count). The van der Waals surface area contributed by atoms with Crippen LogP contribution in [0.1, 0.15) is 22.3 Å². The van der Waals surface area contributed by atoms with E-state index >= 15 is 0 Å². The molecule has 1 aromatic carbocycles. The summed E-state index contributed by atoms with van der Waals surface area (Å²) in [6.07, 6.45) is 1.34. The third-order valence-electron chi connectivity index (χ3n) is 4.86. The largest absolute Gasteiger partial charge is 0.491 e. The maximum atomic E-state index is 12.6. The van der Waals surface area contributed by atoms with Crippen molar-refractivity contribution in [2.45, 2.75) is 25.1 Å². The molecule has 32 heavy (non-hydrogen) atoms. The third kappa shape index (κ3) is 5.32. The van der Waals surface area contributed by atoms with E-state index in [0.717, 1.165) is 22.4 Å². The molecule has 166 valence electrons. The van der Waals surface area contributed by atoms with E-state index in [9.17, 15) is 18.0 Å². The van der Waals surface area contributed by atoms with Crippen molar-refractivity contribution >= 4 is 5.91 Å². The Bertz CT molecular complexity index is 1080. The van der Waals surface area contributed by atoms with Crippen LogP contribution in [0.3, 0.4) is 0 Å². The van der Waals surface area contributed by atoms with Gasteiger partial charge in [-0.25, -0.2) is 15.0 Å². The fraction of sp³-hybridized carbons (Fsp3) is 0.273. The molecule has 0 fully saturated rings.